The smallest absolute Gasteiger partial charge is 0.262 e. The SMILES string of the molecule is Cc1ccc(NC(=O)COc2cccc(-n3cnnn3)c2)cc1Cl. The third-order valence-corrected chi connectivity index (χ3v) is 3.66. The lowest BCUT2D eigenvalue weighted by atomic mass is 10.2. The summed E-state index contributed by atoms with van der Waals surface area (Å²) in [4.78, 5) is 12.0. The van der Waals surface area contributed by atoms with E-state index in [0.717, 1.165) is 11.3 Å². The highest BCUT2D eigenvalue weighted by Crippen LogP contribution is 2.20. The van der Waals surface area contributed by atoms with E-state index in [9.17, 15) is 4.79 Å². The molecule has 0 bridgehead atoms. The number of amides is 1. The maximum atomic E-state index is 12.0. The van der Waals surface area contributed by atoms with E-state index in [-0.39, 0.29) is 12.5 Å². The number of aromatic nitrogens is 4. The van der Waals surface area contributed by atoms with Gasteiger partial charge in [0.2, 0.25) is 0 Å². The highest BCUT2D eigenvalue weighted by Gasteiger charge is 2.06. The van der Waals surface area contributed by atoms with Crippen LogP contribution in [0, 0.1) is 6.92 Å². The molecule has 2 aromatic carbocycles. The maximum absolute atomic E-state index is 12.0. The van der Waals surface area contributed by atoms with Gasteiger partial charge in [0.15, 0.2) is 6.61 Å². The van der Waals surface area contributed by atoms with Crippen LogP contribution in [-0.4, -0.2) is 32.7 Å². The lowest BCUT2D eigenvalue weighted by Crippen LogP contribution is -2.20. The molecule has 0 radical (unpaired) electrons. The summed E-state index contributed by atoms with van der Waals surface area (Å²) >= 11 is 6.04. The summed E-state index contributed by atoms with van der Waals surface area (Å²) in [5.74, 6) is 0.267. The summed E-state index contributed by atoms with van der Waals surface area (Å²) in [5.41, 5.74) is 2.31. The van der Waals surface area contributed by atoms with Crippen LogP contribution < -0.4 is 10.1 Å². The van der Waals surface area contributed by atoms with Gasteiger partial charge in [-0.3, -0.25) is 4.79 Å². The van der Waals surface area contributed by atoms with Gasteiger partial charge in [0.1, 0.15) is 12.1 Å². The maximum Gasteiger partial charge on any atom is 0.262 e. The molecule has 0 atom stereocenters. The fraction of sp³-hybridized carbons (Fsp3) is 0.125. The Morgan fingerprint density at radius 1 is 1.29 bits per heavy atom. The summed E-state index contributed by atoms with van der Waals surface area (Å²) in [5, 5.41) is 14.3. The van der Waals surface area contributed by atoms with Crippen LogP contribution in [0.15, 0.2) is 48.8 Å². The van der Waals surface area contributed by atoms with Gasteiger partial charge in [0, 0.05) is 16.8 Å². The zero-order valence-corrected chi connectivity index (χ0v) is 13.6. The van der Waals surface area contributed by atoms with Gasteiger partial charge in [-0.25, -0.2) is 4.68 Å². The van der Waals surface area contributed by atoms with Gasteiger partial charge in [-0.05, 0) is 47.2 Å². The summed E-state index contributed by atoms with van der Waals surface area (Å²) in [7, 11) is 0. The monoisotopic (exact) mass is 343 g/mol. The predicted octanol–water partition coefficient (Wildman–Crippen LogP) is 2.64. The first-order valence-corrected chi connectivity index (χ1v) is 7.52. The number of nitrogens with one attached hydrogen (secondary N) is 1. The number of ether oxygens (including phenoxy) is 1. The van der Waals surface area contributed by atoms with E-state index in [1.165, 1.54) is 11.0 Å². The fourth-order valence-electron chi connectivity index (χ4n) is 2.01. The van der Waals surface area contributed by atoms with E-state index in [1.54, 1.807) is 30.3 Å². The van der Waals surface area contributed by atoms with Crippen LogP contribution in [0.3, 0.4) is 0 Å². The van der Waals surface area contributed by atoms with Gasteiger partial charge in [-0.2, -0.15) is 0 Å². The lowest BCUT2D eigenvalue weighted by Gasteiger charge is -2.09. The molecular weight excluding hydrogens is 330 g/mol. The fourth-order valence-corrected chi connectivity index (χ4v) is 2.19. The molecule has 7 nitrogen and oxygen atoms in total. The molecule has 1 N–H and O–H groups in total. The number of anilines is 1. The standard InChI is InChI=1S/C16H14ClN5O2/c1-11-5-6-12(7-15(11)17)19-16(23)9-24-14-4-2-3-13(8-14)22-10-18-20-21-22/h2-8,10H,9H2,1H3,(H,19,23). The predicted molar refractivity (Wildman–Crippen MR) is 89.5 cm³/mol. The van der Waals surface area contributed by atoms with E-state index < -0.39 is 0 Å². The minimum absolute atomic E-state index is 0.120. The summed E-state index contributed by atoms with van der Waals surface area (Å²) in [6, 6.07) is 12.5. The zero-order valence-electron chi connectivity index (χ0n) is 12.8. The van der Waals surface area contributed by atoms with Gasteiger partial charge >= 0.3 is 0 Å². The first kappa shape index (κ1) is 15.9. The number of hydrogen-bond acceptors (Lipinski definition) is 5. The van der Waals surface area contributed by atoms with Crippen LogP contribution in [0.4, 0.5) is 5.69 Å². The van der Waals surface area contributed by atoms with E-state index in [4.69, 9.17) is 16.3 Å². The minimum Gasteiger partial charge on any atom is -0.484 e. The molecule has 0 fully saturated rings. The van der Waals surface area contributed by atoms with Crippen LogP contribution in [0.5, 0.6) is 5.75 Å². The lowest BCUT2D eigenvalue weighted by molar-refractivity contribution is -0.118. The number of aryl methyl sites for hydroxylation is 1. The van der Waals surface area contributed by atoms with Crippen molar-refractivity contribution in [2.45, 2.75) is 6.92 Å². The van der Waals surface area contributed by atoms with Crippen molar-refractivity contribution in [2.75, 3.05) is 11.9 Å². The van der Waals surface area contributed by atoms with Crippen LogP contribution in [-0.2, 0) is 4.79 Å². The summed E-state index contributed by atoms with van der Waals surface area (Å²) in [6.45, 7) is 1.78. The minimum atomic E-state index is -0.275. The Hall–Kier alpha value is -2.93. The number of rotatable bonds is 5. The normalized spacial score (nSPS) is 10.4. The third kappa shape index (κ3) is 3.88. The molecule has 0 spiro atoms. The number of benzene rings is 2. The van der Waals surface area contributed by atoms with Crippen molar-refractivity contribution in [3.8, 4) is 11.4 Å². The number of nitrogens with zero attached hydrogens (tertiary/aromatic N) is 4. The molecule has 1 amide bonds. The van der Waals surface area contributed by atoms with E-state index in [0.29, 0.717) is 16.5 Å². The van der Waals surface area contributed by atoms with Gasteiger partial charge in [0.25, 0.3) is 5.91 Å². The molecule has 0 unspecified atom stereocenters. The summed E-state index contributed by atoms with van der Waals surface area (Å²) < 4.78 is 7.01. The van der Waals surface area contributed by atoms with Crippen molar-refractivity contribution in [3.63, 3.8) is 0 Å². The number of tetrazole rings is 1. The van der Waals surface area contributed by atoms with Crippen molar-refractivity contribution >= 4 is 23.2 Å². The molecule has 24 heavy (non-hydrogen) atoms. The number of hydrogen-bond donors (Lipinski definition) is 1. The van der Waals surface area contributed by atoms with Crippen molar-refractivity contribution in [1.29, 1.82) is 0 Å². The molecule has 8 heteroatoms. The first-order chi connectivity index (χ1) is 11.6. The van der Waals surface area contributed by atoms with Crippen LogP contribution in [0.1, 0.15) is 5.56 Å². The Bertz CT molecular complexity index is 851. The average molecular weight is 344 g/mol. The molecule has 3 aromatic rings. The first-order valence-electron chi connectivity index (χ1n) is 7.14. The highest BCUT2D eigenvalue weighted by atomic mass is 35.5. The molecule has 0 saturated heterocycles. The molecular formula is C16H14ClN5O2. The van der Waals surface area contributed by atoms with E-state index in [2.05, 4.69) is 20.8 Å². The van der Waals surface area contributed by atoms with Crippen LogP contribution in [0.25, 0.3) is 5.69 Å². The number of halogens is 1. The summed E-state index contributed by atoms with van der Waals surface area (Å²) in [6.07, 6.45) is 1.48. The number of carbonyl (C=O) groups is 1. The number of carbonyl (C=O) groups excluding carboxylic acids is 1. The molecule has 1 heterocycles. The van der Waals surface area contributed by atoms with Gasteiger partial charge in [-0.15, -0.1) is 5.10 Å². The van der Waals surface area contributed by atoms with Gasteiger partial charge < -0.3 is 10.1 Å². The third-order valence-electron chi connectivity index (χ3n) is 3.26. The molecule has 0 aliphatic carbocycles. The molecule has 122 valence electrons. The molecule has 3 rings (SSSR count). The highest BCUT2D eigenvalue weighted by molar-refractivity contribution is 6.31. The quantitative estimate of drug-likeness (QED) is 0.770. The molecule has 0 saturated carbocycles. The van der Waals surface area contributed by atoms with Gasteiger partial charge in [-0.1, -0.05) is 23.7 Å². The Labute approximate surface area is 143 Å². The van der Waals surface area contributed by atoms with Crippen molar-refractivity contribution < 1.29 is 9.53 Å². The van der Waals surface area contributed by atoms with Crippen LogP contribution >= 0.6 is 11.6 Å². The second-order valence-electron chi connectivity index (χ2n) is 5.05. The molecule has 0 aliphatic rings. The Kier molecular flexibility index (Phi) is 4.72. The van der Waals surface area contributed by atoms with E-state index in [1.807, 2.05) is 19.1 Å². The Morgan fingerprint density at radius 2 is 2.17 bits per heavy atom. The van der Waals surface area contributed by atoms with Gasteiger partial charge in [0.05, 0.1) is 5.69 Å². The van der Waals surface area contributed by atoms with Crippen molar-refractivity contribution in [3.05, 3.63) is 59.4 Å². The second kappa shape index (κ2) is 7.10. The van der Waals surface area contributed by atoms with Crippen molar-refractivity contribution in [1.82, 2.24) is 20.2 Å². The topological polar surface area (TPSA) is 81.9 Å². The van der Waals surface area contributed by atoms with E-state index >= 15 is 0 Å². The molecule has 0 aliphatic heterocycles. The van der Waals surface area contributed by atoms with Crippen molar-refractivity contribution in [2.24, 2.45) is 0 Å². The zero-order chi connectivity index (χ0) is 16.9. The Morgan fingerprint density at radius 3 is 2.92 bits per heavy atom. The largest absolute Gasteiger partial charge is 0.484 e. The van der Waals surface area contributed by atoms with Crippen LogP contribution in [0.2, 0.25) is 5.02 Å². The molecule has 1 aromatic heterocycles. The Balaban J connectivity index is 1.60. The average Bonchev–Trinajstić information content (AvgIpc) is 3.11. The second-order valence-corrected chi connectivity index (χ2v) is 5.46.